The van der Waals surface area contributed by atoms with Gasteiger partial charge < -0.3 is 4.98 Å². The van der Waals surface area contributed by atoms with Gasteiger partial charge >= 0.3 is 5.69 Å². The molecule has 0 unspecified atom stereocenters. The molecular weight excluding hydrogens is 190 g/mol. The predicted molar refractivity (Wildman–Crippen MR) is 57.7 cm³/mol. The molecule has 0 aliphatic carbocycles. The maximum Gasteiger partial charge on any atom is 0.326 e. The Morgan fingerprint density at radius 1 is 1.47 bits per heavy atom. The Morgan fingerprint density at radius 3 is 2.80 bits per heavy atom. The standard InChI is InChI=1S/C11H11N3O/c1-7(2)14-10-5-8(6-12)3-4-9(10)13-11(14)15/h3-5,7H,1-2H3,(H,13,15). The number of aromatic nitrogens is 2. The summed E-state index contributed by atoms with van der Waals surface area (Å²) in [4.78, 5) is 14.4. The maximum absolute atomic E-state index is 11.6. The quantitative estimate of drug-likeness (QED) is 0.764. The molecule has 1 aromatic heterocycles. The fourth-order valence-electron chi connectivity index (χ4n) is 1.70. The number of nitrogens with zero attached hydrogens (tertiary/aromatic N) is 2. The lowest BCUT2D eigenvalue weighted by atomic mass is 10.2. The molecular formula is C11H11N3O. The number of aromatic amines is 1. The molecule has 0 aliphatic heterocycles. The summed E-state index contributed by atoms with van der Waals surface area (Å²) in [6, 6.07) is 7.33. The highest BCUT2D eigenvalue weighted by Crippen LogP contribution is 2.15. The minimum Gasteiger partial charge on any atom is -0.306 e. The first-order chi connectivity index (χ1) is 7.13. The van der Waals surface area contributed by atoms with Crippen molar-refractivity contribution in [3.63, 3.8) is 0 Å². The van der Waals surface area contributed by atoms with Crippen LogP contribution in [0.15, 0.2) is 23.0 Å². The number of benzene rings is 1. The molecule has 2 aromatic rings. The zero-order valence-corrected chi connectivity index (χ0v) is 8.61. The smallest absolute Gasteiger partial charge is 0.306 e. The van der Waals surface area contributed by atoms with Gasteiger partial charge in [-0.25, -0.2) is 4.79 Å². The molecule has 0 amide bonds. The average Bonchev–Trinajstić information content (AvgIpc) is 2.52. The van der Waals surface area contributed by atoms with Crippen molar-refractivity contribution in [2.45, 2.75) is 19.9 Å². The van der Waals surface area contributed by atoms with Crippen LogP contribution in [0.1, 0.15) is 25.5 Å². The molecule has 4 heteroatoms. The van der Waals surface area contributed by atoms with Crippen LogP contribution in [0, 0.1) is 11.3 Å². The second kappa shape index (κ2) is 3.28. The van der Waals surface area contributed by atoms with Crippen LogP contribution >= 0.6 is 0 Å². The topological polar surface area (TPSA) is 61.6 Å². The third-order valence-corrected chi connectivity index (χ3v) is 2.36. The molecule has 1 N–H and O–H groups in total. The van der Waals surface area contributed by atoms with Gasteiger partial charge in [-0.1, -0.05) is 0 Å². The number of nitriles is 1. The third-order valence-electron chi connectivity index (χ3n) is 2.36. The largest absolute Gasteiger partial charge is 0.326 e. The van der Waals surface area contributed by atoms with Gasteiger partial charge in [0.1, 0.15) is 0 Å². The van der Waals surface area contributed by atoms with Crippen molar-refractivity contribution in [3.05, 3.63) is 34.2 Å². The van der Waals surface area contributed by atoms with Crippen LogP contribution in [0.5, 0.6) is 0 Å². The molecule has 0 bridgehead atoms. The fourth-order valence-corrected chi connectivity index (χ4v) is 1.70. The minimum atomic E-state index is -0.130. The van der Waals surface area contributed by atoms with Gasteiger partial charge in [-0.15, -0.1) is 0 Å². The maximum atomic E-state index is 11.6. The molecule has 0 saturated heterocycles. The molecule has 0 atom stereocenters. The molecule has 0 aliphatic rings. The lowest BCUT2D eigenvalue weighted by Gasteiger charge is -2.06. The summed E-state index contributed by atoms with van der Waals surface area (Å²) in [6.07, 6.45) is 0. The summed E-state index contributed by atoms with van der Waals surface area (Å²) in [5, 5.41) is 8.79. The Kier molecular flexibility index (Phi) is 2.09. The summed E-state index contributed by atoms with van der Waals surface area (Å²) < 4.78 is 1.65. The second-order valence-electron chi connectivity index (χ2n) is 3.74. The highest BCUT2D eigenvalue weighted by Gasteiger charge is 2.09. The van der Waals surface area contributed by atoms with Gasteiger partial charge in [0, 0.05) is 6.04 Å². The summed E-state index contributed by atoms with van der Waals surface area (Å²) in [5.74, 6) is 0. The Hall–Kier alpha value is -2.02. The van der Waals surface area contributed by atoms with Gasteiger partial charge in [0.05, 0.1) is 22.7 Å². The Labute approximate surface area is 86.8 Å². The number of hydrogen-bond acceptors (Lipinski definition) is 2. The van der Waals surface area contributed by atoms with E-state index in [-0.39, 0.29) is 11.7 Å². The zero-order chi connectivity index (χ0) is 11.0. The van der Waals surface area contributed by atoms with Crippen LogP contribution in [0.3, 0.4) is 0 Å². The van der Waals surface area contributed by atoms with Crippen molar-refractivity contribution in [3.8, 4) is 6.07 Å². The van der Waals surface area contributed by atoms with E-state index in [0.29, 0.717) is 5.56 Å². The van der Waals surface area contributed by atoms with Gasteiger partial charge in [0.25, 0.3) is 0 Å². The van der Waals surface area contributed by atoms with Gasteiger partial charge in [-0.2, -0.15) is 5.26 Å². The number of H-pyrrole nitrogens is 1. The van der Waals surface area contributed by atoms with E-state index in [1.54, 1.807) is 22.8 Å². The van der Waals surface area contributed by atoms with Crippen LogP contribution in [0.2, 0.25) is 0 Å². The molecule has 15 heavy (non-hydrogen) atoms. The van der Waals surface area contributed by atoms with E-state index >= 15 is 0 Å². The van der Waals surface area contributed by atoms with Crippen molar-refractivity contribution < 1.29 is 0 Å². The number of fused-ring (bicyclic) bond motifs is 1. The first-order valence-electron chi connectivity index (χ1n) is 4.78. The van der Waals surface area contributed by atoms with E-state index in [4.69, 9.17) is 5.26 Å². The number of rotatable bonds is 1. The highest BCUT2D eigenvalue weighted by molar-refractivity contribution is 5.77. The highest BCUT2D eigenvalue weighted by atomic mass is 16.1. The Balaban J connectivity index is 2.85. The van der Waals surface area contributed by atoms with Gasteiger partial charge in [0.15, 0.2) is 0 Å². The molecule has 1 heterocycles. The molecule has 76 valence electrons. The first kappa shape index (κ1) is 9.53. The Bertz CT molecular complexity index is 598. The summed E-state index contributed by atoms with van der Waals surface area (Å²) in [5.41, 5.74) is 1.99. The van der Waals surface area contributed by atoms with Crippen molar-refractivity contribution in [1.82, 2.24) is 9.55 Å². The molecule has 2 rings (SSSR count). The van der Waals surface area contributed by atoms with Gasteiger partial charge in [-0.05, 0) is 32.0 Å². The zero-order valence-electron chi connectivity index (χ0n) is 8.61. The van der Waals surface area contributed by atoms with Crippen molar-refractivity contribution in [2.24, 2.45) is 0 Å². The second-order valence-corrected chi connectivity index (χ2v) is 3.74. The van der Waals surface area contributed by atoms with Crippen molar-refractivity contribution in [2.75, 3.05) is 0 Å². The predicted octanol–water partition coefficient (Wildman–Crippen LogP) is 1.78. The van der Waals surface area contributed by atoms with E-state index in [1.165, 1.54) is 0 Å². The lowest BCUT2D eigenvalue weighted by molar-refractivity contribution is 0.598. The summed E-state index contributed by atoms with van der Waals surface area (Å²) >= 11 is 0. The van der Waals surface area contributed by atoms with Crippen LogP contribution in [-0.4, -0.2) is 9.55 Å². The molecule has 1 aromatic carbocycles. The third kappa shape index (κ3) is 1.42. The minimum absolute atomic E-state index is 0.0835. The van der Waals surface area contributed by atoms with Crippen LogP contribution < -0.4 is 5.69 Å². The van der Waals surface area contributed by atoms with Crippen molar-refractivity contribution >= 4 is 11.0 Å². The SMILES string of the molecule is CC(C)n1c(=O)[nH]c2ccc(C#N)cc21. The van der Waals surface area contributed by atoms with Crippen molar-refractivity contribution in [1.29, 1.82) is 5.26 Å². The average molecular weight is 201 g/mol. The summed E-state index contributed by atoms with van der Waals surface area (Å²) in [6.45, 7) is 3.88. The van der Waals surface area contributed by atoms with Crippen LogP contribution in [0.4, 0.5) is 0 Å². The van der Waals surface area contributed by atoms with Gasteiger partial charge in [-0.3, -0.25) is 4.57 Å². The molecule has 4 nitrogen and oxygen atoms in total. The first-order valence-corrected chi connectivity index (χ1v) is 4.78. The molecule has 0 saturated carbocycles. The molecule has 0 radical (unpaired) electrons. The lowest BCUT2D eigenvalue weighted by Crippen LogP contribution is -2.18. The van der Waals surface area contributed by atoms with E-state index < -0.39 is 0 Å². The molecule has 0 fully saturated rings. The van der Waals surface area contributed by atoms with E-state index in [2.05, 4.69) is 11.1 Å². The summed E-state index contributed by atoms with van der Waals surface area (Å²) in [7, 11) is 0. The van der Waals surface area contributed by atoms with E-state index in [0.717, 1.165) is 11.0 Å². The van der Waals surface area contributed by atoms with Crippen LogP contribution in [-0.2, 0) is 0 Å². The monoisotopic (exact) mass is 201 g/mol. The normalized spacial score (nSPS) is 10.8. The fraction of sp³-hybridized carbons (Fsp3) is 0.273. The van der Waals surface area contributed by atoms with Gasteiger partial charge in [0.2, 0.25) is 0 Å². The number of hydrogen-bond donors (Lipinski definition) is 1. The number of nitrogens with one attached hydrogen (secondary N) is 1. The van der Waals surface area contributed by atoms with E-state index in [1.807, 2.05) is 13.8 Å². The molecule has 0 spiro atoms. The Morgan fingerprint density at radius 2 is 2.20 bits per heavy atom. The van der Waals surface area contributed by atoms with Crippen LogP contribution in [0.25, 0.3) is 11.0 Å². The van der Waals surface area contributed by atoms with E-state index in [9.17, 15) is 4.79 Å². The number of imidazole rings is 1.